The molecule has 0 aromatic carbocycles. The molecule has 0 aliphatic heterocycles. The smallest absolute Gasteiger partial charge is 0.382 e. The molecule has 0 unspecified atom stereocenters. The maximum absolute atomic E-state index is 10.7. The topological polar surface area (TPSA) is 75.6 Å². The Morgan fingerprint density at radius 3 is 0.941 bits per heavy atom. The second-order valence-electron chi connectivity index (χ2n) is 3.41. The van der Waals surface area contributed by atoms with Crippen molar-refractivity contribution in [3.05, 3.63) is 0 Å². The zero-order valence-electron chi connectivity index (χ0n) is 11.4. The summed E-state index contributed by atoms with van der Waals surface area (Å²) in [5.74, 6) is 0. The van der Waals surface area contributed by atoms with Crippen molar-refractivity contribution in [1.29, 1.82) is 0 Å². The van der Waals surface area contributed by atoms with Gasteiger partial charge in [-0.15, -0.1) is 0 Å². The molecule has 0 bridgehead atoms. The van der Waals surface area contributed by atoms with E-state index >= 15 is 0 Å². The summed E-state index contributed by atoms with van der Waals surface area (Å²) in [5, 5.41) is 10.7. The standard InChI is InChI=1S/C8H22O7Si2/c1-8(9,16(10-2,11-3)12-4)17(13-5,14-6)15-7/h9H,1-7H3. The monoisotopic (exact) mass is 286 g/mol. The Bertz CT molecular complexity index is 189. The van der Waals surface area contributed by atoms with Crippen LogP contribution in [0.2, 0.25) is 0 Å². The summed E-state index contributed by atoms with van der Waals surface area (Å²) in [6.07, 6.45) is 0. The van der Waals surface area contributed by atoms with Gasteiger partial charge in [-0.05, 0) is 6.92 Å². The van der Waals surface area contributed by atoms with Gasteiger partial charge in [-0.25, -0.2) is 0 Å². The Labute approximate surface area is 104 Å². The van der Waals surface area contributed by atoms with Gasteiger partial charge in [-0.3, -0.25) is 0 Å². The first kappa shape index (κ1) is 17.2. The number of rotatable bonds is 8. The zero-order valence-corrected chi connectivity index (χ0v) is 13.4. The molecule has 0 radical (unpaired) electrons. The minimum atomic E-state index is -3.40. The first-order valence-electron chi connectivity index (χ1n) is 4.90. The molecule has 7 nitrogen and oxygen atoms in total. The van der Waals surface area contributed by atoms with E-state index in [1.165, 1.54) is 49.6 Å². The van der Waals surface area contributed by atoms with E-state index in [9.17, 15) is 5.11 Å². The van der Waals surface area contributed by atoms with Crippen LogP contribution in [0.3, 0.4) is 0 Å². The van der Waals surface area contributed by atoms with E-state index in [4.69, 9.17) is 26.6 Å². The van der Waals surface area contributed by atoms with Gasteiger partial charge in [0.25, 0.3) is 0 Å². The molecule has 0 aliphatic carbocycles. The Kier molecular flexibility index (Phi) is 6.42. The van der Waals surface area contributed by atoms with Crippen LogP contribution in [0.15, 0.2) is 0 Å². The average molecular weight is 286 g/mol. The maximum Gasteiger partial charge on any atom is 0.538 e. The third kappa shape index (κ3) is 2.48. The first-order valence-corrected chi connectivity index (χ1v) is 8.35. The van der Waals surface area contributed by atoms with Gasteiger partial charge in [0.15, 0.2) is 0 Å². The molecule has 1 N–H and O–H groups in total. The minimum Gasteiger partial charge on any atom is -0.382 e. The van der Waals surface area contributed by atoms with E-state index in [-0.39, 0.29) is 0 Å². The lowest BCUT2D eigenvalue weighted by molar-refractivity contribution is -0.0159. The molecule has 0 aromatic heterocycles. The van der Waals surface area contributed by atoms with Gasteiger partial charge in [0.05, 0.1) is 0 Å². The summed E-state index contributed by atoms with van der Waals surface area (Å²) in [4.78, 5) is -1.63. The maximum atomic E-state index is 10.7. The van der Waals surface area contributed by atoms with Crippen LogP contribution >= 0.6 is 0 Å². The van der Waals surface area contributed by atoms with Crippen LogP contribution in [0.1, 0.15) is 6.92 Å². The molecule has 0 rings (SSSR count). The summed E-state index contributed by atoms with van der Waals surface area (Å²) >= 11 is 0. The van der Waals surface area contributed by atoms with E-state index < -0.39 is 22.5 Å². The SMILES string of the molecule is CO[Si](OC)(OC)C(C)(O)[Si](OC)(OC)OC. The van der Waals surface area contributed by atoms with Crippen molar-refractivity contribution in [3.8, 4) is 0 Å². The molecule has 104 valence electrons. The average Bonchev–Trinajstić information content (AvgIpc) is 2.34. The molecule has 0 spiro atoms. The van der Waals surface area contributed by atoms with E-state index in [0.29, 0.717) is 0 Å². The van der Waals surface area contributed by atoms with Crippen LogP contribution in [0.4, 0.5) is 0 Å². The number of hydrogen-bond acceptors (Lipinski definition) is 7. The van der Waals surface area contributed by atoms with Gasteiger partial charge in [-0.1, -0.05) is 0 Å². The van der Waals surface area contributed by atoms with Crippen molar-refractivity contribution in [2.24, 2.45) is 0 Å². The van der Waals surface area contributed by atoms with Crippen molar-refractivity contribution in [1.82, 2.24) is 0 Å². The summed E-state index contributed by atoms with van der Waals surface area (Å²) in [5.41, 5.74) is 0. The van der Waals surface area contributed by atoms with Crippen LogP contribution < -0.4 is 0 Å². The molecule has 17 heavy (non-hydrogen) atoms. The summed E-state index contributed by atoms with van der Waals surface area (Å²) in [6.45, 7) is 1.47. The molecule has 0 aliphatic rings. The van der Waals surface area contributed by atoms with Crippen LogP contribution in [-0.4, -0.2) is 70.2 Å². The minimum absolute atomic E-state index is 1.40. The molecule has 0 saturated carbocycles. The Balaban J connectivity index is 5.60. The lowest BCUT2D eigenvalue weighted by atomic mass is 10.8. The van der Waals surface area contributed by atoms with Gasteiger partial charge in [-0.2, -0.15) is 0 Å². The van der Waals surface area contributed by atoms with Gasteiger partial charge >= 0.3 is 17.6 Å². The fraction of sp³-hybridized carbons (Fsp3) is 1.00. The second-order valence-corrected chi connectivity index (χ2v) is 10.5. The molecular weight excluding hydrogens is 264 g/mol. The molecule has 0 saturated heterocycles. The summed E-state index contributed by atoms with van der Waals surface area (Å²) < 4.78 is 31.5. The summed E-state index contributed by atoms with van der Waals surface area (Å²) in [6, 6.07) is 0. The first-order chi connectivity index (χ1) is 7.86. The summed E-state index contributed by atoms with van der Waals surface area (Å²) in [7, 11) is 1.58. The van der Waals surface area contributed by atoms with Gasteiger partial charge in [0.2, 0.25) is 4.85 Å². The van der Waals surface area contributed by atoms with Crippen molar-refractivity contribution in [2.75, 3.05) is 42.7 Å². The van der Waals surface area contributed by atoms with Crippen molar-refractivity contribution in [2.45, 2.75) is 11.8 Å². The van der Waals surface area contributed by atoms with Crippen LogP contribution in [0.25, 0.3) is 0 Å². The van der Waals surface area contributed by atoms with Gasteiger partial charge in [0, 0.05) is 42.7 Å². The highest BCUT2D eigenvalue weighted by atomic mass is 28.5. The highest BCUT2D eigenvalue weighted by Crippen LogP contribution is 2.33. The zero-order chi connectivity index (χ0) is 13.7. The molecule has 9 heteroatoms. The van der Waals surface area contributed by atoms with E-state index in [0.717, 1.165) is 0 Å². The number of hydrogen-bond donors (Lipinski definition) is 1. The lowest BCUT2D eigenvalue weighted by Crippen LogP contribution is -2.77. The third-order valence-electron chi connectivity index (χ3n) is 2.80. The molecular formula is C8H22O7Si2. The van der Waals surface area contributed by atoms with Crippen molar-refractivity contribution >= 4 is 17.6 Å². The normalized spacial score (nSPS) is 14.1. The van der Waals surface area contributed by atoms with Crippen LogP contribution in [0.5, 0.6) is 0 Å². The Morgan fingerprint density at radius 1 is 0.647 bits per heavy atom. The van der Waals surface area contributed by atoms with Crippen molar-refractivity contribution in [3.63, 3.8) is 0 Å². The van der Waals surface area contributed by atoms with Crippen LogP contribution in [0, 0.1) is 0 Å². The predicted octanol–water partition coefficient (Wildman–Crippen LogP) is -0.428. The van der Waals surface area contributed by atoms with Gasteiger partial charge < -0.3 is 31.7 Å². The van der Waals surface area contributed by atoms with Crippen LogP contribution in [-0.2, 0) is 26.6 Å². The van der Waals surface area contributed by atoms with E-state index in [1.54, 1.807) is 0 Å². The van der Waals surface area contributed by atoms with Crippen molar-refractivity contribution < 1.29 is 31.7 Å². The molecule has 0 amide bonds. The second kappa shape index (κ2) is 6.36. The highest BCUT2D eigenvalue weighted by molar-refractivity contribution is 6.84. The fourth-order valence-corrected chi connectivity index (χ4v) is 8.60. The van der Waals surface area contributed by atoms with Gasteiger partial charge in [0.1, 0.15) is 0 Å². The fourth-order valence-electron chi connectivity index (χ4n) is 1.88. The Hall–Kier alpha value is 0.154. The Morgan fingerprint density at radius 2 is 0.824 bits per heavy atom. The largest absolute Gasteiger partial charge is 0.538 e. The third-order valence-corrected chi connectivity index (χ3v) is 10.3. The number of aliphatic hydroxyl groups is 1. The highest BCUT2D eigenvalue weighted by Gasteiger charge is 2.73. The molecule has 0 aromatic rings. The van der Waals surface area contributed by atoms with E-state index in [2.05, 4.69) is 0 Å². The molecule has 0 atom stereocenters. The lowest BCUT2D eigenvalue weighted by Gasteiger charge is -2.43. The quantitative estimate of drug-likeness (QED) is 0.607. The van der Waals surface area contributed by atoms with E-state index in [1.807, 2.05) is 0 Å². The predicted molar refractivity (Wildman–Crippen MR) is 64.2 cm³/mol. The molecule has 0 heterocycles. The molecule has 0 fully saturated rings.